The van der Waals surface area contributed by atoms with Gasteiger partial charge in [-0.25, -0.2) is 4.98 Å². The number of aryl methyl sites for hydroxylation is 1. The zero-order valence-electron chi connectivity index (χ0n) is 10.5. The number of hydrogen-bond donors (Lipinski definition) is 2. The fourth-order valence-corrected chi connectivity index (χ4v) is 1.47. The molecule has 0 bridgehead atoms. The second kappa shape index (κ2) is 5.30. The first kappa shape index (κ1) is 13.4. The minimum absolute atomic E-state index is 0.0543. The molecule has 0 spiro atoms. The minimum atomic E-state index is -0.647. The van der Waals surface area contributed by atoms with Crippen LogP contribution in [0.3, 0.4) is 0 Å². The number of anilines is 1. The van der Waals surface area contributed by atoms with E-state index in [4.69, 9.17) is 5.73 Å². The molecule has 2 aromatic heterocycles. The lowest BCUT2D eigenvalue weighted by atomic mass is 10.2. The van der Waals surface area contributed by atoms with Gasteiger partial charge in [0.25, 0.3) is 11.6 Å². The lowest BCUT2D eigenvalue weighted by Crippen LogP contribution is -2.25. The number of pyridine rings is 1. The molecule has 10 nitrogen and oxygen atoms in total. The SMILES string of the molecule is Cn1cnnc1CNC(=O)c1cc([N+](=O)[O-])cnc1N. The molecule has 20 heavy (non-hydrogen) atoms. The van der Waals surface area contributed by atoms with Crippen LogP contribution in [0.2, 0.25) is 0 Å². The Morgan fingerprint density at radius 3 is 2.95 bits per heavy atom. The van der Waals surface area contributed by atoms with Gasteiger partial charge in [0.15, 0.2) is 5.82 Å². The molecule has 2 rings (SSSR count). The van der Waals surface area contributed by atoms with Crippen LogP contribution in [0.25, 0.3) is 0 Å². The summed E-state index contributed by atoms with van der Waals surface area (Å²) in [4.78, 5) is 25.6. The summed E-state index contributed by atoms with van der Waals surface area (Å²) >= 11 is 0. The highest BCUT2D eigenvalue weighted by molar-refractivity contribution is 5.98. The van der Waals surface area contributed by atoms with Crippen molar-refractivity contribution < 1.29 is 9.72 Å². The van der Waals surface area contributed by atoms with Crippen LogP contribution in [-0.4, -0.2) is 30.6 Å². The van der Waals surface area contributed by atoms with Crippen LogP contribution in [0.5, 0.6) is 0 Å². The highest BCUT2D eigenvalue weighted by Crippen LogP contribution is 2.16. The second-order valence-electron chi connectivity index (χ2n) is 3.92. The number of nitrogen functional groups attached to an aromatic ring is 1. The minimum Gasteiger partial charge on any atom is -0.383 e. The Hall–Kier alpha value is -3.04. The highest BCUT2D eigenvalue weighted by atomic mass is 16.6. The average Bonchev–Trinajstić information content (AvgIpc) is 2.81. The molecule has 0 saturated heterocycles. The Balaban J connectivity index is 2.15. The van der Waals surface area contributed by atoms with Gasteiger partial charge in [-0.05, 0) is 0 Å². The molecule has 2 heterocycles. The van der Waals surface area contributed by atoms with Crippen molar-refractivity contribution in [2.45, 2.75) is 6.54 Å². The van der Waals surface area contributed by atoms with Gasteiger partial charge in [0.1, 0.15) is 18.3 Å². The largest absolute Gasteiger partial charge is 0.383 e. The first-order chi connectivity index (χ1) is 9.49. The van der Waals surface area contributed by atoms with Gasteiger partial charge in [-0.15, -0.1) is 10.2 Å². The standard InChI is InChI=1S/C10H11N7O3/c1-16-5-14-15-8(16)4-13-10(18)7-2-6(17(19)20)3-12-9(7)11/h2-3,5H,4H2,1H3,(H2,11,12)(H,13,18). The van der Waals surface area contributed by atoms with Crippen molar-refractivity contribution in [2.24, 2.45) is 7.05 Å². The molecule has 0 saturated carbocycles. The Morgan fingerprint density at radius 1 is 1.60 bits per heavy atom. The Labute approximate surface area is 112 Å². The molecule has 104 valence electrons. The number of hydrogen-bond acceptors (Lipinski definition) is 7. The third kappa shape index (κ3) is 2.68. The fourth-order valence-electron chi connectivity index (χ4n) is 1.47. The second-order valence-corrected chi connectivity index (χ2v) is 3.92. The highest BCUT2D eigenvalue weighted by Gasteiger charge is 2.16. The van der Waals surface area contributed by atoms with Gasteiger partial charge in [-0.2, -0.15) is 0 Å². The molecule has 10 heteroatoms. The molecule has 0 aliphatic carbocycles. The number of nitrogens with one attached hydrogen (secondary N) is 1. The normalized spacial score (nSPS) is 10.2. The first-order valence-corrected chi connectivity index (χ1v) is 5.50. The van der Waals surface area contributed by atoms with Gasteiger partial charge in [0, 0.05) is 13.1 Å². The zero-order chi connectivity index (χ0) is 14.7. The van der Waals surface area contributed by atoms with Gasteiger partial charge >= 0.3 is 0 Å². The van der Waals surface area contributed by atoms with Crippen molar-refractivity contribution in [3.8, 4) is 0 Å². The number of carbonyl (C=O) groups excluding carboxylic acids is 1. The predicted octanol–water partition coefficient (Wildman–Crippen LogP) is -0.370. The van der Waals surface area contributed by atoms with E-state index in [9.17, 15) is 14.9 Å². The summed E-state index contributed by atoms with van der Waals surface area (Å²) in [5.74, 6) is -0.108. The van der Waals surface area contributed by atoms with Crippen molar-refractivity contribution >= 4 is 17.4 Å². The molecule has 1 amide bonds. The smallest absolute Gasteiger partial charge is 0.288 e. The summed E-state index contributed by atoms with van der Waals surface area (Å²) in [7, 11) is 1.73. The van der Waals surface area contributed by atoms with Gasteiger partial charge in [0.05, 0.1) is 17.0 Å². The van der Waals surface area contributed by atoms with Crippen molar-refractivity contribution in [1.82, 2.24) is 25.1 Å². The van der Waals surface area contributed by atoms with Gasteiger partial charge in [-0.1, -0.05) is 0 Å². The molecule has 0 unspecified atom stereocenters. The summed E-state index contributed by atoms with van der Waals surface area (Å²) in [6.45, 7) is 0.122. The van der Waals surface area contributed by atoms with E-state index in [1.807, 2.05) is 0 Å². The van der Waals surface area contributed by atoms with E-state index in [1.165, 1.54) is 6.33 Å². The monoisotopic (exact) mass is 277 g/mol. The maximum atomic E-state index is 11.9. The van der Waals surface area contributed by atoms with Crippen LogP contribution >= 0.6 is 0 Å². The molecule has 0 fully saturated rings. The van der Waals surface area contributed by atoms with Crippen LogP contribution < -0.4 is 11.1 Å². The summed E-state index contributed by atoms with van der Waals surface area (Å²) in [5.41, 5.74) is 5.18. The number of nitrogens with two attached hydrogens (primary N) is 1. The van der Waals surface area contributed by atoms with Gasteiger partial charge in [0.2, 0.25) is 0 Å². The molecule has 0 radical (unpaired) electrons. The topological polar surface area (TPSA) is 142 Å². The number of rotatable bonds is 4. The Morgan fingerprint density at radius 2 is 2.35 bits per heavy atom. The Bertz CT molecular complexity index is 667. The zero-order valence-corrected chi connectivity index (χ0v) is 10.5. The van der Waals surface area contributed by atoms with E-state index in [1.54, 1.807) is 11.6 Å². The van der Waals surface area contributed by atoms with Gasteiger partial charge < -0.3 is 15.6 Å². The quantitative estimate of drug-likeness (QED) is 0.573. The van der Waals surface area contributed by atoms with E-state index in [0.717, 1.165) is 12.3 Å². The number of nitrogens with zero attached hydrogens (tertiary/aromatic N) is 5. The van der Waals surface area contributed by atoms with Crippen LogP contribution in [0.4, 0.5) is 11.5 Å². The molecule has 0 aliphatic heterocycles. The molecular weight excluding hydrogens is 266 g/mol. The lowest BCUT2D eigenvalue weighted by molar-refractivity contribution is -0.385. The van der Waals surface area contributed by atoms with E-state index in [2.05, 4.69) is 20.5 Å². The molecule has 0 atom stereocenters. The number of amides is 1. The third-order valence-electron chi connectivity index (χ3n) is 2.57. The third-order valence-corrected chi connectivity index (χ3v) is 2.57. The molecule has 3 N–H and O–H groups in total. The van der Waals surface area contributed by atoms with E-state index in [0.29, 0.717) is 5.82 Å². The fraction of sp³-hybridized carbons (Fsp3) is 0.200. The maximum Gasteiger partial charge on any atom is 0.288 e. The summed E-state index contributed by atoms with van der Waals surface area (Å²) in [5, 5.41) is 20.6. The summed E-state index contributed by atoms with van der Waals surface area (Å²) in [6.07, 6.45) is 2.49. The lowest BCUT2D eigenvalue weighted by Gasteiger charge is -2.06. The van der Waals surface area contributed by atoms with E-state index in [-0.39, 0.29) is 23.6 Å². The maximum absolute atomic E-state index is 11.9. The molecular formula is C10H11N7O3. The predicted molar refractivity (Wildman–Crippen MR) is 67.5 cm³/mol. The van der Waals surface area contributed by atoms with E-state index < -0.39 is 10.8 Å². The van der Waals surface area contributed by atoms with Crippen LogP contribution in [0, 0.1) is 10.1 Å². The van der Waals surface area contributed by atoms with E-state index >= 15 is 0 Å². The van der Waals surface area contributed by atoms with Crippen molar-refractivity contribution in [1.29, 1.82) is 0 Å². The molecule has 2 aromatic rings. The first-order valence-electron chi connectivity index (χ1n) is 5.50. The van der Waals surface area contributed by atoms with Crippen LogP contribution in [0.15, 0.2) is 18.6 Å². The summed E-state index contributed by atoms with van der Waals surface area (Å²) in [6, 6.07) is 1.08. The summed E-state index contributed by atoms with van der Waals surface area (Å²) < 4.78 is 1.63. The Kier molecular flexibility index (Phi) is 3.55. The average molecular weight is 277 g/mol. The van der Waals surface area contributed by atoms with Crippen molar-refractivity contribution in [3.05, 3.63) is 40.1 Å². The van der Waals surface area contributed by atoms with Crippen molar-refractivity contribution in [2.75, 3.05) is 5.73 Å². The van der Waals surface area contributed by atoms with Crippen LogP contribution in [-0.2, 0) is 13.6 Å². The number of aromatic nitrogens is 4. The molecule has 0 aromatic carbocycles. The van der Waals surface area contributed by atoms with Crippen molar-refractivity contribution in [3.63, 3.8) is 0 Å². The van der Waals surface area contributed by atoms with Crippen LogP contribution in [0.1, 0.15) is 16.2 Å². The number of nitro groups is 1. The number of carbonyl (C=O) groups is 1. The molecule has 0 aliphatic rings. The van der Waals surface area contributed by atoms with Gasteiger partial charge in [-0.3, -0.25) is 14.9 Å².